The third-order valence-corrected chi connectivity index (χ3v) is 0.742. The zero-order valence-electron chi connectivity index (χ0n) is 2.66. The van der Waals surface area contributed by atoms with Crippen molar-refractivity contribution in [2.75, 3.05) is 0 Å². The Morgan fingerprint density at radius 2 is 1.50 bits per heavy atom. The smallest absolute Gasteiger partial charge is 0.0904 e. The Labute approximate surface area is 67.0 Å². The van der Waals surface area contributed by atoms with Gasteiger partial charge in [-0.1, -0.05) is 34.8 Å². The zero-order valence-corrected chi connectivity index (χ0v) is 8.14. The van der Waals surface area contributed by atoms with E-state index in [-0.39, 0.29) is 26.9 Å². The third-order valence-electron chi connectivity index (χ3n) is 0.0825. The van der Waals surface area contributed by atoms with Gasteiger partial charge in [0, 0.05) is 27.9 Å². The Morgan fingerprint density at radius 3 is 1.50 bits per heavy atom. The van der Waals surface area contributed by atoms with Crippen LogP contribution in [0, 0.1) is 0 Å². The first-order chi connectivity index (χ1) is 2.27. The van der Waals surface area contributed by atoms with E-state index in [2.05, 4.69) is 0 Å². The fraction of sp³-hybridized carbons (Fsp3) is 0. The van der Waals surface area contributed by atoms with Crippen LogP contribution in [0.25, 0.3) is 0 Å². The van der Waals surface area contributed by atoms with E-state index in [9.17, 15) is 0 Å². The van der Waals surface area contributed by atoms with Crippen LogP contribution in [0.2, 0.25) is 0 Å². The molecule has 0 unspecified atom stereocenters. The largest absolute Gasteiger partial charge is 0.118 e. The summed E-state index contributed by atoms with van der Waals surface area (Å²) in [6.45, 7) is 0. The van der Waals surface area contributed by atoms with Crippen molar-refractivity contribution in [2.45, 2.75) is 0 Å². The van der Waals surface area contributed by atoms with Gasteiger partial charge in [-0.25, -0.2) is 0 Å². The Bertz CT molecular complexity index is 46.8. The van der Waals surface area contributed by atoms with E-state index in [1.54, 1.807) is 0 Å². The van der Waals surface area contributed by atoms with E-state index in [0.717, 1.165) is 5.54 Å². The molecule has 0 heterocycles. The molecule has 0 atom stereocenters. The second-order valence-corrected chi connectivity index (χ2v) is 1.62. The van der Waals surface area contributed by atoms with Crippen LogP contribution in [0.3, 0.4) is 0 Å². The van der Waals surface area contributed by atoms with E-state index in [0.29, 0.717) is 0 Å². The number of hydrogen-bond acceptors (Lipinski definition) is 0. The summed E-state index contributed by atoms with van der Waals surface area (Å²) < 4.78 is 0.0895. The predicted octanol–water partition coefficient (Wildman–Crippen LogP) is 2.50. The van der Waals surface area contributed by atoms with Crippen molar-refractivity contribution in [1.82, 2.24) is 0 Å². The van der Waals surface area contributed by atoms with Crippen LogP contribution < -0.4 is 0 Å². The van der Waals surface area contributed by atoms with Gasteiger partial charge in [-0.3, -0.25) is 0 Å². The maximum atomic E-state index is 4.96. The van der Waals surface area contributed by atoms with Gasteiger partial charge in [-0.2, -0.15) is 0 Å². The fourth-order valence-corrected chi connectivity index (χ4v) is 0. The molecule has 0 spiro atoms. The number of rotatable bonds is 0. The Balaban J connectivity index is 0. The van der Waals surface area contributed by atoms with Crippen molar-refractivity contribution in [3.63, 3.8) is 0 Å². The van der Waals surface area contributed by atoms with E-state index in [1.807, 2.05) is 0 Å². The minimum Gasteiger partial charge on any atom is -0.0904 e. The monoisotopic (exact) mass is 311 g/mol. The van der Waals surface area contributed by atoms with Gasteiger partial charge >= 0.3 is 0 Å². The van der Waals surface area contributed by atoms with Gasteiger partial charge in [-0.15, -0.1) is 0 Å². The summed E-state index contributed by atoms with van der Waals surface area (Å²) in [7, 11) is 0. The molecule has 0 aliphatic rings. The summed E-state index contributed by atoms with van der Waals surface area (Å²) in [5, 5.41) is 0. The predicted molar refractivity (Wildman–Crippen MR) is 25.6 cm³/mol. The summed E-state index contributed by atoms with van der Waals surface area (Å²) in [5.74, 6) is 0. The SMILES string of the molecule is ClC=C(Cl)Cl.[Ta]. The number of halogens is 3. The van der Waals surface area contributed by atoms with Crippen molar-refractivity contribution < 1.29 is 22.4 Å². The zero-order chi connectivity index (χ0) is 4.28. The van der Waals surface area contributed by atoms with Crippen LogP contribution in [0.4, 0.5) is 0 Å². The van der Waals surface area contributed by atoms with Crippen LogP contribution in [-0.2, 0) is 22.4 Å². The summed E-state index contributed by atoms with van der Waals surface area (Å²) in [4.78, 5) is 0. The molecule has 0 rings (SSSR count). The summed E-state index contributed by atoms with van der Waals surface area (Å²) in [5.41, 5.74) is 1.09. The molecule has 0 aromatic carbocycles. The molecule has 0 bridgehead atoms. The molecule has 0 amide bonds. The average Bonchev–Trinajstić information content (AvgIpc) is 1.38. The molecule has 0 aliphatic heterocycles. The minimum absolute atomic E-state index is 0. The van der Waals surface area contributed by atoms with Gasteiger partial charge in [0.1, 0.15) is 4.49 Å². The molecule has 0 aromatic heterocycles. The Kier molecular flexibility index (Phi) is 11.0. The van der Waals surface area contributed by atoms with Gasteiger partial charge in [0.25, 0.3) is 0 Å². The van der Waals surface area contributed by atoms with E-state index < -0.39 is 0 Å². The van der Waals surface area contributed by atoms with Gasteiger partial charge in [-0.05, 0) is 0 Å². The van der Waals surface area contributed by atoms with Crippen molar-refractivity contribution in [2.24, 2.45) is 0 Å². The third kappa shape index (κ3) is 9.02. The molecule has 4 heteroatoms. The fourth-order valence-electron chi connectivity index (χ4n) is 0. The first-order valence-corrected chi connectivity index (χ1v) is 2.08. The molecule has 0 saturated carbocycles. The van der Waals surface area contributed by atoms with Crippen molar-refractivity contribution in [3.8, 4) is 0 Å². The van der Waals surface area contributed by atoms with Crippen LogP contribution in [0.15, 0.2) is 10.0 Å². The molecule has 0 N–H and O–H groups in total. The maximum absolute atomic E-state index is 4.96. The van der Waals surface area contributed by atoms with Crippen molar-refractivity contribution in [3.05, 3.63) is 10.0 Å². The Morgan fingerprint density at radius 1 is 1.33 bits per heavy atom. The summed E-state index contributed by atoms with van der Waals surface area (Å²) >= 11 is 14.8. The molecule has 0 fully saturated rings. The second kappa shape index (κ2) is 6.35. The molecule has 6 heavy (non-hydrogen) atoms. The summed E-state index contributed by atoms with van der Waals surface area (Å²) in [6, 6.07) is 0. The molecule has 0 saturated heterocycles. The quantitative estimate of drug-likeness (QED) is 0.645. The molecular formula is C2HCl3Ta. The minimum atomic E-state index is 0. The van der Waals surface area contributed by atoms with Crippen LogP contribution in [0.5, 0.6) is 0 Å². The number of hydrogen-bond donors (Lipinski definition) is 0. The molecule has 0 aliphatic carbocycles. The second-order valence-electron chi connectivity index (χ2n) is 0.399. The molecule has 35 valence electrons. The molecule has 0 aromatic rings. The standard InChI is InChI=1S/C2HCl3.Ta/c3-1-2(4)5;/h1H;. The molecule has 0 nitrogen and oxygen atoms in total. The normalized spacial score (nSPS) is 5.83. The molecular weight excluding hydrogens is 311 g/mol. The summed E-state index contributed by atoms with van der Waals surface area (Å²) in [6.07, 6.45) is 0. The molecule has 1 radical (unpaired) electrons. The topological polar surface area (TPSA) is 0 Å². The van der Waals surface area contributed by atoms with E-state index in [4.69, 9.17) is 34.8 Å². The van der Waals surface area contributed by atoms with Gasteiger partial charge in [0.2, 0.25) is 0 Å². The van der Waals surface area contributed by atoms with Crippen LogP contribution >= 0.6 is 34.8 Å². The van der Waals surface area contributed by atoms with Gasteiger partial charge in [0.05, 0.1) is 0 Å². The van der Waals surface area contributed by atoms with Crippen molar-refractivity contribution in [1.29, 1.82) is 0 Å². The Hall–Kier alpha value is 1.35. The van der Waals surface area contributed by atoms with Crippen molar-refractivity contribution >= 4 is 34.8 Å². The average molecular weight is 312 g/mol. The van der Waals surface area contributed by atoms with Gasteiger partial charge < -0.3 is 0 Å². The van der Waals surface area contributed by atoms with Crippen LogP contribution in [-0.4, -0.2) is 0 Å². The van der Waals surface area contributed by atoms with E-state index in [1.165, 1.54) is 0 Å². The maximum Gasteiger partial charge on any atom is 0.118 e. The first kappa shape index (κ1) is 10.4. The van der Waals surface area contributed by atoms with Crippen LogP contribution in [0.1, 0.15) is 0 Å². The first-order valence-electron chi connectivity index (χ1n) is 0.885. The van der Waals surface area contributed by atoms with Gasteiger partial charge in [0.15, 0.2) is 0 Å². The van der Waals surface area contributed by atoms with E-state index >= 15 is 0 Å².